The minimum Gasteiger partial charge on any atom is -0.394 e. The molecule has 1 amide bonds. The number of aliphatic hydroxyl groups is 8. The predicted octanol–water partition coefficient (Wildman–Crippen LogP) is 2.87. The molecule has 0 aromatic rings. The van der Waals surface area contributed by atoms with Crippen molar-refractivity contribution >= 4 is 5.91 Å². The van der Waals surface area contributed by atoms with E-state index >= 15 is 0 Å². The first-order valence-electron chi connectivity index (χ1n) is 20.9. The summed E-state index contributed by atoms with van der Waals surface area (Å²) in [6.45, 7) is 2.50. The summed E-state index contributed by atoms with van der Waals surface area (Å²) in [4.78, 5) is 12.6. The lowest BCUT2D eigenvalue weighted by molar-refractivity contribution is -0.359. The van der Waals surface area contributed by atoms with E-state index in [0.29, 0.717) is 6.42 Å². The summed E-state index contributed by atoms with van der Waals surface area (Å²) in [5, 5.41) is 85.6. The number of aliphatic hydroxyl groups excluding tert-OH is 8. The Morgan fingerprint density at radius 1 is 0.648 bits per heavy atom. The molecule has 2 aliphatic rings. The summed E-state index contributed by atoms with van der Waals surface area (Å²) in [7, 11) is 0. The molecular formula is C40H75NO13. The second kappa shape index (κ2) is 29.0. The van der Waals surface area contributed by atoms with Crippen LogP contribution in [0.25, 0.3) is 0 Å². The van der Waals surface area contributed by atoms with Crippen molar-refractivity contribution in [2.24, 2.45) is 0 Å². The molecule has 0 saturated carbocycles. The standard InChI is InChI=1S/C40H75NO13/c1-3-5-7-8-9-10-11-12-13-14-15-16-17-18-19-20-21-22-23-29(44)28(41-32(45)24-6-4-2)27-51-39-37(50)35(48)38(31(26-43)53-39)54-40-36(49)34(47)33(46)30(25-42)52-40/h22-23,28-31,33-40,42-44,46-50H,3-21,24-27H2,1-2H3,(H,41,45)/b23-22+. The van der Waals surface area contributed by atoms with Crippen LogP contribution in [0.3, 0.4) is 0 Å². The van der Waals surface area contributed by atoms with Crippen LogP contribution in [0.1, 0.15) is 142 Å². The average molecular weight is 778 g/mol. The molecule has 0 bridgehead atoms. The minimum atomic E-state index is -1.78. The monoisotopic (exact) mass is 778 g/mol. The number of carbonyl (C=O) groups excluding carboxylic acids is 1. The third-order valence-electron chi connectivity index (χ3n) is 10.5. The maximum absolute atomic E-state index is 12.6. The molecule has 14 heteroatoms. The molecule has 2 saturated heterocycles. The largest absolute Gasteiger partial charge is 0.394 e. The minimum absolute atomic E-state index is 0.257. The Bertz CT molecular complexity index is 972. The zero-order valence-electron chi connectivity index (χ0n) is 33.0. The molecule has 2 fully saturated rings. The summed E-state index contributed by atoms with van der Waals surface area (Å²) >= 11 is 0. The zero-order valence-corrected chi connectivity index (χ0v) is 33.0. The Labute approximate surface area is 323 Å². The topological polar surface area (TPSA) is 228 Å². The van der Waals surface area contributed by atoms with Crippen molar-refractivity contribution in [3.8, 4) is 0 Å². The van der Waals surface area contributed by atoms with Crippen molar-refractivity contribution in [2.75, 3.05) is 19.8 Å². The average Bonchev–Trinajstić information content (AvgIpc) is 3.17. The molecule has 2 rings (SSSR count). The van der Waals surface area contributed by atoms with Gasteiger partial charge < -0.3 is 65.1 Å². The lowest BCUT2D eigenvalue weighted by Gasteiger charge is -2.46. The highest BCUT2D eigenvalue weighted by atomic mass is 16.7. The van der Waals surface area contributed by atoms with E-state index in [1.807, 2.05) is 13.0 Å². The van der Waals surface area contributed by atoms with Crippen LogP contribution in [0, 0.1) is 0 Å². The number of rotatable bonds is 30. The van der Waals surface area contributed by atoms with E-state index in [0.717, 1.165) is 25.7 Å². The molecule has 54 heavy (non-hydrogen) atoms. The SMILES string of the molecule is CCCCCCCCCCCCCCCCCC/C=C/C(O)C(COC1OC(CO)C(OC2OC(CO)C(O)C(O)C2O)C(O)C1O)NC(=O)CCCC. The third kappa shape index (κ3) is 17.9. The Morgan fingerprint density at radius 3 is 1.69 bits per heavy atom. The van der Waals surface area contributed by atoms with Crippen LogP contribution in [0.2, 0.25) is 0 Å². The normalized spacial score (nSPS) is 30.1. The van der Waals surface area contributed by atoms with Crippen LogP contribution in [-0.2, 0) is 23.7 Å². The van der Waals surface area contributed by atoms with E-state index in [1.54, 1.807) is 6.08 Å². The summed E-state index contributed by atoms with van der Waals surface area (Å²) in [6.07, 6.45) is 9.75. The Hall–Kier alpha value is -1.27. The first-order chi connectivity index (χ1) is 26.1. The van der Waals surface area contributed by atoms with Gasteiger partial charge >= 0.3 is 0 Å². The fraction of sp³-hybridized carbons (Fsp3) is 0.925. The van der Waals surface area contributed by atoms with Gasteiger partial charge in [-0.15, -0.1) is 0 Å². The van der Waals surface area contributed by atoms with Crippen molar-refractivity contribution in [1.82, 2.24) is 5.32 Å². The second-order valence-corrected chi connectivity index (χ2v) is 15.1. The van der Waals surface area contributed by atoms with Gasteiger partial charge in [-0.05, 0) is 19.3 Å². The van der Waals surface area contributed by atoms with E-state index in [2.05, 4.69) is 12.2 Å². The number of carbonyl (C=O) groups is 1. The first-order valence-corrected chi connectivity index (χ1v) is 20.9. The van der Waals surface area contributed by atoms with Gasteiger partial charge in [0, 0.05) is 6.42 Å². The van der Waals surface area contributed by atoms with Gasteiger partial charge in [-0.3, -0.25) is 4.79 Å². The number of hydrogen-bond donors (Lipinski definition) is 9. The van der Waals surface area contributed by atoms with Crippen molar-refractivity contribution in [3.63, 3.8) is 0 Å². The number of amides is 1. The van der Waals surface area contributed by atoms with Gasteiger partial charge in [0.25, 0.3) is 0 Å². The van der Waals surface area contributed by atoms with Crippen LogP contribution < -0.4 is 5.32 Å². The van der Waals surface area contributed by atoms with Gasteiger partial charge in [0.1, 0.15) is 48.8 Å². The summed E-state index contributed by atoms with van der Waals surface area (Å²) in [5.74, 6) is -0.276. The molecule has 0 aromatic heterocycles. The van der Waals surface area contributed by atoms with Crippen molar-refractivity contribution in [3.05, 3.63) is 12.2 Å². The zero-order chi connectivity index (χ0) is 39.7. The van der Waals surface area contributed by atoms with Crippen LogP contribution in [-0.4, -0.2) is 140 Å². The van der Waals surface area contributed by atoms with Crippen molar-refractivity contribution in [2.45, 2.75) is 216 Å². The number of nitrogens with one attached hydrogen (secondary N) is 1. The molecule has 0 spiro atoms. The molecule has 9 N–H and O–H groups in total. The third-order valence-corrected chi connectivity index (χ3v) is 10.5. The molecule has 2 heterocycles. The summed E-state index contributed by atoms with van der Waals surface area (Å²) in [5.41, 5.74) is 0. The van der Waals surface area contributed by atoms with Gasteiger partial charge in [-0.25, -0.2) is 0 Å². The Kier molecular flexibility index (Phi) is 26.3. The van der Waals surface area contributed by atoms with Crippen molar-refractivity contribution < 1.29 is 64.6 Å². The van der Waals surface area contributed by atoms with Crippen molar-refractivity contribution in [1.29, 1.82) is 0 Å². The van der Waals surface area contributed by atoms with Gasteiger partial charge in [0.2, 0.25) is 5.91 Å². The molecule has 0 aliphatic carbocycles. The highest BCUT2D eigenvalue weighted by Gasteiger charge is 2.50. The summed E-state index contributed by atoms with van der Waals surface area (Å²) < 4.78 is 22.4. The van der Waals surface area contributed by atoms with E-state index < -0.39 is 86.8 Å². The molecule has 0 radical (unpaired) electrons. The molecule has 318 valence electrons. The predicted molar refractivity (Wildman–Crippen MR) is 203 cm³/mol. The fourth-order valence-electron chi connectivity index (χ4n) is 6.91. The number of ether oxygens (including phenoxy) is 4. The molecular weight excluding hydrogens is 702 g/mol. The van der Waals surface area contributed by atoms with Gasteiger partial charge in [-0.1, -0.05) is 129 Å². The van der Waals surface area contributed by atoms with E-state index in [9.17, 15) is 45.6 Å². The van der Waals surface area contributed by atoms with Gasteiger partial charge in [0.05, 0.1) is 32.0 Å². The molecule has 2 aliphatic heterocycles. The van der Waals surface area contributed by atoms with Crippen LogP contribution in [0.4, 0.5) is 0 Å². The second-order valence-electron chi connectivity index (χ2n) is 15.1. The lowest BCUT2D eigenvalue weighted by Crippen LogP contribution is -2.65. The van der Waals surface area contributed by atoms with E-state index in [4.69, 9.17) is 18.9 Å². The molecule has 12 atom stereocenters. The van der Waals surface area contributed by atoms with Crippen LogP contribution in [0.15, 0.2) is 12.2 Å². The fourth-order valence-corrected chi connectivity index (χ4v) is 6.91. The van der Waals surface area contributed by atoms with Crippen LogP contribution in [0.5, 0.6) is 0 Å². The molecule has 0 aromatic carbocycles. The van der Waals surface area contributed by atoms with Gasteiger partial charge in [-0.2, -0.15) is 0 Å². The quantitative estimate of drug-likeness (QED) is 0.0378. The van der Waals surface area contributed by atoms with E-state index in [-0.39, 0.29) is 18.9 Å². The van der Waals surface area contributed by atoms with Crippen LogP contribution >= 0.6 is 0 Å². The maximum atomic E-state index is 12.6. The lowest BCUT2D eigenvalue weighted by atomic mass is 9.97. The highest BCUT2D eigenvalue weighted by molar-refractivity contribution is 5.76. The Morgan fingerprint density at radius 2 is 1.15 bits per heavy atom. The smallest absolute Gasteiger partial charge is 0.220 e. The molecule has 14 nitrogen and oxygen atoms in total. The molecule has 12 unspecified atom stereocenters. The first kappa shape index (κ1) is 48.9. The van der Waals surface area contributed by atoms with E-state index in [1.165, 1.54) is 89.9 Å². The maximum Gasteiger partial charge on any atom is 0.220 e. The van der Waals surface area contributed by atoms with Gasteiger partial charge in [0.15, 0.2) is 12.6 Å². The number of unbranched alkanes of at least 4 members (excludes halogenated alkanes) is 17. The summed E-state index contributed by atoms with van der Waals surface area (Å²) in [6, 6.07) is -0.903. The number of hydrogen-bond acceptors (Lipinski definition) is 13. The number of allylic oxidation sites excluding steroid dienone is 1. The highest BCUT2D eigenvalue weighted by Crippen LogP contribution is 2.30. The Balaban J connectivity index is 1.78.